The van der Waals surface area contributed by atoms with Gasteiger partial charge in [-0.3, -0.25) is 9.59 Å². The second-order valence-corrected chi connectivity index (χ2v) is 10.1. The number of benzene rings is 2. The van der Waals surface area contributed by atoms with Crippen LogP contribution in [-0.2, 0) is 19.6 Å². The van der Waals surface area contributed by atoms with Crippen LogP contribution in [0.2, 0.25) is 0 Å². The lowest BCUT2D eigenvalue weighted by molar-refractivity contribution is -0.116. The lowest BCUT2D eigenvalue weighted by atomic mass is 10.2. The van der Waals surface area contributed by atoms with Crippen molar-refractivity contribution in [2.45, 2.75) is 4.90 Å². The van der Waals surface area contributed by atoms with Crippen LogP contribution in [0.1, 0.15) is 10.4 Å². The van der Waals surface area contributed by atoms with E-state index in [-0.39, 0.29) is 28.7 Å². The summed E-state index contributed by atoms with van der Waals surface area (Å²) >= 11 is 0. The van der Waals surface area contributed by atoms with Gasteiger partial charge in [0, 0.05) is 51.2 Å². The van der Waals surface area contributed by atoms with Gasteiger partial charge in [0.2, 0.25) is 15.9 Å². The zero-order chi connectivity index (χ0) is 24.9. The third-order valence-corrected chi connectivity index (χ3v) is 7.26. The van der Waals surface area contributed by atoms with Crippen molar-refractivity contribution in [2.24, 2.45) is 0 Å². The number of hydrogen-bond donors (Lipinski definition) is 1. The third-order valence-electron chi connectivity index (χ3n) is 5.42. The van der Waals surface area contributed by atoms with E-state index in [1.807, 2.05) is 24.3 Å². The topological polar surface area (TPSA) is 108 Å². The molecule has 1 heterocycles. The second kappa shape index (κ2) is 10.9. The SMILES string of the molecule is COc1ccc(C(=O)N(C)CC(=O)Nc2ccc(N3CCOCC3)cc2)cc1S(=O)(=O)N(C)C. The van der Waals surface area contributed by atoms with Crippen LogP contribution in [0.25, 0.3) is 0 Å². The molecule has 11 heteroatoms. The Labute approximate surface area is 200 Å². The molecule has 0 aromatic heterocycles. The number of nitrogens with one attached hydrogen (secondary N) is 1. The average molecular weight is 491 g/mol. The van der Waals surface area contributed by atoms with E-state index in [2.05, 4.69) is 10.2 Å². The molecule has 1 aliphatic heterocycles. The molecule has 1 fully saturated rings. The van der Waals surface area contributed by atoms with Crippen molar-refractivity contribution in [2.75, 3.05) is 71.3 Å². The van der Waals surface area contributed by atoms with Crippen LogP contribution < -0.4 is 15.0 Å². The number of morpholine rings is 1. The minimum absolute atomic E-state index is 0.121. The molecule has 0 saturated carbocycles. The Morgan fingerprint density at radius 3 is 2.29 bits per heavy atom. The number of likely N-dealkylation sites (N-methyl/N-ethyl adjacent to an activating group) is 1. The molecule has 1 saturated heterocycles. The molecule has 0 radical (unpaired) electrons. The quantitative estimate of drug-likeness (QED) is 0.597. The summed E-state index contributed by atoms with van der Waals surface area (Å²) in [6.45, 7) is 2.82. The van der Waals surface area contributed by atoms with Gasteiger partial charge in [0.05, 0.1) is 26.9 Å². The minimum atomic E-state index is -3.83. The molecular formula is C23H30N4O6S. The number of carbonyl (C=O) groups excluding carboxylic acids is 2. The molecule has 0 atom stereocenters. The first-order valence-electron chi connectivity index (χ1n) is 10.7. The first-order valence-corrected chi connectivity index (χ1v) is 12.2. The number of hydrogen-bond acceptors (Lipinski definition) is 7. The van der Waals surface area contributed by atoms with E-state index >= 15 is 0 Å². The maximum Gasteiger partial charge on any atom is 0.254 e. The summed E-state index contributed by atoms with van der Waals surface area (Å²) in [4.78, 5) is 28.7. The molecular weight excluding hydrogens is 460 g/mol. The Hall–Kier alpha value is -3.15. The summed E-state index contributed by atoms with van der Waals surface area (Å²) in [5, 5.41) is 2.78. The first kappa shape index (κ1) is 25.5. The van der Waals surface area contributed by atoms with Crippen LogP contribution in [-0.4, -0.2) is 90.5 Å². The fourth-order valence-corrected chi connectivity index (χ4v) is 4.57. The molecule has 10 nitrogen and oxygen atoms in total. The van der Waals surface area contributed by atoms with Gasteiger partial charge in [-0.15, -0.1) is 0 Å². The molecule has 184 valence electrons. The van der Waals surface area contributed by atoms with Gasteiger partial charge in [-0.1, -0.05) is 0 Å². The Morgan fingerprint density at radius 1 is 1.06 bits per heavy atom. The zero-order valence-electron chi connectivity index (χ0n) is 19.8. The molecule has 2 aromatic rings. The van der Waals surface area contributed by atoms with Crippen molar-refractivity contribution in [3.05, 3.63) is 48.0 Å². The predicted molar refractivity (Wildman–Crippen MR) is 129 cm³/mol. The lowest BCUT2D eigenvalue weighted by Gasteiger charge is -2.28. The Balaban J connectivity index is 1.65. The minimum Gasteiger partial charge on any atom is -0.495 e. The van der Waals surface area contributed by atoms with E-state index in [4.69, 9.17) is 9.47 Å². The summed E-state index contributed by atoms with van der Waals surface area (Å²) in [5.41, 5.74) is 1.80. The van der Waals surface area contributed by atoms with Gasteiger partial charge in [0.15, 0.2) is 0 Å². The summed E-state index contributed by atoms with van der Waals surface area (Å²) in [6.07, 6.45) is 0. The van der Waals surface area contributed by atoms with E-state index in [0.29, 0.717) is 18.9 Å². The molecule has 0 spiro atoms. The van der Waals surface area contributed by atoms with Crippen LogP contribution in [0.3, 0.4) is 0 Å². The van der Waals surface area contributed by atoms with E-state index in [0.717, 1.165) is 23.1 Å². The Kier molecular flexibility index (Phi) is 8.13. The molecule has 0 bridgehead atoms. The van der Waals surface area contributed by atoms with Crippen molar-refractivity contribution in [3.63, 3.8) is 0 Å². The van der Waals surface area contributed by atoms with Crippen LogP contribution in [0.5, 0.6) is 5.75 Å². The molecule has 3 rings (SSSR count). The number of rotatable bonds is 8. The maximum absolute atomic E-state index is 12.9. The normalized spacial score (nSPS) is 14.1. The fourth-order valence-electron chi connectivity index (χ4n) is 3.49. The standard InChI is InChI=1S/C23H30N4O6S/c1-25(2)34(30,31)21-15-17(5-10-20(21)32-4)23(29)26(3)16-22(28)24-18-6-8-19(9-7-18)27-11-13-33-14-12-27/h5-10,15H,11-14,16H2,1-4H3,(H,24,28). The molecule has 2 aromatic carbocycles. The highest BCUT2D eigenvalue weighted by Gasteiger charge is 2.25. The Morgan fingerprint density at radius 2 is 1.71 bits per heavy atom. The van der Waals surface area contributed by atoms with E-state index in [9.17, 15) is 18.0 Å². The summed E-state index contributed by atoms with van der Waals surface area (Å²) < 4.78 is 36.8. The van der Waals surface area contributed by atoms with Crippen molar-refractivity contribution in [1.82, 2.24) is 9.21 Å². The molecule has 1 aliphatic rings. The van der Waals surface area contributed by atoms with Gasteiger partial charge in [-0.25, -0.2) is 12.7 Å². The lowest BCUT2D eigenvalue weighted by Crippen LogP contribution is -2.36. The van der Waals surface area contributed by atoms with Crippen LogP contribution in [0.15, 0.2) is 47.4 Å². The van der Waals surface area contributed by atoms with Gasteiger partial charge < -0.3 is 24.6 Å². The molecule has 1 N–H and O–H groups in total. The third kappa shape index (κ3) is 5.85. The van der Waals surface area contributed by atoms with Gasteiger partial charge >= 0.3 is 0 Å². The monoisotopic (exact) mass is 490 g/mol. The fraction of sp³-hybridized carbons (Fsp3) is 0.391. The molecule has 34 heavy (non-hydrogen) atoms. The van der Waals surface area contributed by atoms with E-state index < -0.39 is 15.9 Å². The predicted octanol–water partition coefficient (Wildman–Crippen LogP) is 1.49. The smallest absolute Gasteiger partial charge is 0.254 e. The van der Waals surface area contributed by atoms with E-state index in [1.54, 1.807) is 0 Å². The summed E-state index contributed by atoms with van der Waals surface area (Å²) in [7, 11) is 1.80. The summed E-state index contributed by atoms with van der Waals surface area (Å²) in [5.74, 6) is -0.730. The highest BCUT2D eigenvalue weighted by atomic mass is 32.2. The van der Waals surface area contributed by atoms with Gasteiger partial charge in [-0.2, -0.15) is 0 Å². The van der Waals surface area contributed by atoms with Crippen molar-refractivity contribution in [3.8, 4) is 5.75 Å². The molecule has 2 amide bonds. The number of sulfonamides is 1. The maximum atomic E-state index is 12.9. The highest BCUT2D eigenvalue weighted by Crippen LogP contribution is 2.27. The number of methoxy groups -OCH3 is 1. The molecule has 0 aliphatic carbocycles. The number of amides is 2. The number of carbonyl (C=O) groups is 2. The number of ether oxygens (including phenoxy) is 2. The van der Waals surface area contributed by atoms with Gasteiger partial charge in [0.1, 0.15) is 10.6 Å². The largest absolute Gasteiger partial charge is 0.495 e. The second-order valence-electron chi connectivity index (χ2n) is 8.01. The molecule has 0 unspecified atom stereocenters. The first-order chi connectivity index (χ1) is 16.1. The Bertz CT molecular complexity index is 1130. The van der Waals surface area contributed by atoms with Crippen LogP contribution >= 0.6 is 0 Å². The van der Waals surface area contributed by atoms with Crippen LogP contribution in [0.4, 0.5) is 11.4 Å². The highest BCUT2D eigenvalue weighted by molar-refractivity contribution is 7.89. The van der Waals surface area contributed by atoms with Crippen molar-refractivity contribution >= 4 is 33.2 Å². The van der Waals surface area contributed by atoms with Crippen molar-refractivity contribution in [1.29, 1.82) is 0 Å². The summed E-state index contributed by atoms with van der Waals surface area (Å²) in [6, 6.07) is 11.6. The number of anilines is 2. The van der Waals surface area contributed by atoms with Crippen LogP contribution in [0, 0.1) is 0 Å². The number of nitrogens with zero attached hydrogens (tertiary/aromatic N) is 3. The van der Waals surface area contributed by atoms with E-state index in [1.165, 1.54) is 51.4 Å². The zero-order valence-corrected chi connectivity index (χ0v) is 20.6. The average Bonchev–Trinajstić information content (AvgIpc) is 2.84. The van der Waals surface area contributed by atoms with Gasteiger partial charge in [0.25, 0.3) is 5.91 Å². The van der Waals surface area contributed by atoms with Gasteiger partial charge in [-0.05, 0) is 42.5 Å². The van der Waals surface area contributed by atoms with Crippen molar-refractivity contribution < 1.29 is 27.5 Å².